The zero-order valence-corrected chi connectivity index (χ0v) is 8.75. The highest BCUT2D eigenvalue weighted by Gasteiger charge is 2.33. The number of nitrogens with one attached hydrogen (secondary N) is 1. The van der Waals surface area contributed by atoms with E-state index in [1.54, 1.807) is 6.07 Å². The van der Waals surface area contributed by atoms with E-state index in [2.05, 4.69) is 0 Å². The normalized spacial score (nSPS) is 11.5. The van der Waals surface area contributed by atoms with Crippen molar-refractivity contribution in [1.29, 1.82) is 0 Å². The van der Waals surface area contributed by atoms with E-state index in [-0.39, 0.29) is 11.3 Å². The summed E-state index contributed by atoms with van der Waals surface area (Å²) in [5.74, 6) is 0. The van der Waals surface area contributed by atoms with E-state index in [1.165, 1.54) is 36.4 Å². The number of hydrogen-bond acceptors (Lipinski definition) is 0. The van der Waals surface area contributed by atoms with Gasteiger partial charge < -0.3 is 5.73 Å². The van der Waals surface area contributed by atoms with E-state index in [4.69, 9.17) is 5.73 Å². The molecule has 0 bridgehead atoms. The lowest BCUT2D eigenvalue weighted by molar-refractivity contribution is -0.137. The topological polar surface area (TPSA) is 23.8 Å². The number of halogens is 3. The van der Waals surface area contributed by atoms with Crippen LogP contribution in [-0.4, -0.2) is 0 Å². The lowest BCUT2D eigenvalue weighted by atomic mass is 9.99. The molecule has 0 unspecified atom stereocenters. The number of benzene rings is 2. The summed E-state index contributed by atoms with van der Waals surface area (Å²) in [5, 5.41) is 0. The predicted octanol–water partition coefficient (Wildman–Crippen LogP) is 4.29. The molecule has 2 aromatic carbocycles. The highest BCUT2D eigenvalue weighted by Crippen LogP contribution is 2.36. The van der Waals surface area contributed by atoms with Crippen molar-refractivity contribution in [2.24, 2.45) is 0 Å². The molecule has 0 aliphatic carbocycles. The molecule has 0 aromatic heterocycles. The molecule has 0 saturated carbocycles. The summed E-state index contributed by atoms with van der Waals surface area (Å²) in [6.07, 6.45) is -4.36. The second kappa shape index (κ2) is 4.13. The number of rotatable bonds is 1. The Balaban J connectivity index is 2.56. The van der Waals surface area contributed by atoms with Gasteiger partial charge in [0.05, 0.1) is 11.3 Å². The summed E-state index contributed by atoms with van der Waals surface area (Å²) in [7, 11) is 0. The molecule has 2 rings (SSSR count). The summed E-state index contributed by atoms with van der Waals surface area (Å²) in [6, 6.07) is 11.4. The van der Waals surface area contributed by atoms with Gasteiger partial charge in [-0.05, 0) is 29.3 Å². The van der Waals surface area contributed by atoms with Crippen LogP contribution in [-0.2, 0) is 6.18 Å². The van der Waals surface area contributed by atoms with Gasteiger partial charge in [-0.3, -0.25) is 0 Å². The van der Waals surface area contributed by atoms with Gasteiger partial charge in [0, 0.05) is 0 Å². The van der Waals surface area contributed by atoms with E-state index in [0.717, 1.165) is 6.07 Å². The smallest absolute Gasteiger partial charge is 0.301 e. The van der Waals surface area contributed by atoms with Crippen molar-refractivity contribution in [2.45, 2.75) is 6.18 Å². The van der Waals surface area contributed by atoms with Crippen molar-refractivity contribution in [3.8, 4) is 11.1 Å². The largest absolute Gasteiger partial charge is 0.417 e. The zero-order valence-electron chi connectivity index (χ0n) is 8.75. The molecule has 0 atom stereocenters. The van der Waals surface area contributed by atoms with E-state index in [1.807, 2.05) is 0 Å². The third-order valence-corrected chi connectivity index (χ3v) is 2.43. The molecular formula is C13H9F3N. The van der Waals surface area contributed by atoms with Crippen LogP contribution in [0.5, 0.6) is 0 Å². The number of hydrogen-bond donors (Lipinski definition) is 0. The molecule has 0 fully saturated rings. The van der Waals surface area contributed by atoms with Gasteiger partial charge in [0.25, 0.3) is 0 Å². The SMILES string of the molecule is [NH]c1ccc(-c2ccccc2C(F)(F)F)cc1. The maximum atomic E-state index is 12.8. The molecule has 0 aliphatic rings. The van der Waals surface area contributed by atoms with Crippen LogP contribution in [0, 0.1) is 0 Å². The van der Waals surface area contributed by atoms with Gasteiger partial charge in [0.1, 0.15) is 0 Å². The Morgan fingerprint density at radius 2 is 1.41 bits per heavy atom. The average Bonchev–Trinajstić information content (AvgIpc) is 2.29. The van der Waals surface area contributed by atoms with Gasteiger partial charge in [-0.2, -0.15) is 13.2 Å². The molecule has 4 heteroatoms. The Hall–Kier alpha value is -1.97. The van der Waals surface area contributed by atoms with Crippen LogP contribution in [0.4, 0.5) is 18.9 Å². The minimum atomic E-state index is -4.36. The van der Waals surface area contributed by atoms with Gasteiger partial charge >= 0.3 is 6.18 Å². The van der Waals surface area contributed by atoms with Crippen molar-refractivity contribution in [3.05, 3.63) is 54.1 Å². The van der Waals surface area contributed by atoms with Crippen molar-refractivity contribution >= 4 is 5.69 Å². The van der Waals surface area contributed by atoms with Crippen molar-refractivity contribution in [3.63, 3.8) is 0 Å². The van der Waals surface area contributed by atoms with Crippen LogP contribution in [0.1, 0.15) is 5.56 Å². The molecule has 0 heterocycles. The van der Waals surface area contributed by atoms with E-state index >= 15 is 0 Å². The molecule has 0 aliphatic heterocycles. The summed E-state index contributed by atoms with van der Waals surface area (Å²) in [6.45, 7) is 0. The van der Waals surface area contributed by atoms with Crippen LogP contribution in [0.15, 0.2) is 48.5 Å². The molecule has 2 aromatic rings. The first-order valence-corrected chi connectivity index (χ1v) is 4.97. The fraction of sp³-hybridized carbons (Fsp3) is 0.0769. The Kier molecular flexibility index (Phi) is 2.79. The third kappa shape index (κ3) is 2.41. The Labute approximate surface area is 96.7 Å². The summed E-state index contributed by atoms with van der Waals surface area (Å²) >= 11 is 0. The Bertz CT molecular complexity index is 515. The quantitative estimate of drug-likeness (QED) is 0.705. The zero-order chi connectivity index (χ0) is 12.5. The average molecular weight is 236 g/mol. The predicted molar refractivity (Wildman–Crippen MR) is 59.6 cm³/mol. The molecule has 1 nitrogen and oxygen atoms in total. The monoisotopic (exact) mass is 236 g/mol. The van der Waals surface area contributed by atoms with Gasteiger partial charge in [-0.1, -0.05) is 30.3 Å². The van der Waals surface area contributed by atoms with Gasteiger partial charge in [-0.25, -0.2) is 0 Å². The van der Waals surface area contributed by atoms with Gasteiger partial charge in [-0.15, -0.1) is 0 Å². The molecule has 0 saturated heterocycles. The van der Waals surface area contributed by atoms with E-state index in [0.29, 0.717) is 5.56 Å². The van der Waals surface area contributed by atoms with Crippen molar-refractivity contribution in [2.75, 3.05) is 0 Å². The fourth-order valence-corrected chi connectivity index (χ4v) is 1.63. The highest BCUT2D eigenvalue weighted by molar-refractivity contribution is 5.69. The van der Waals surface area contributed by atoms with E-state index in [9.17, 15) is 13.2 Å². The Morgan fingerprint density at radius 3 is 2.00 bits per heavy atom. The molecule has 87 valence electrons. The van der Waals surface area contributed by atoms with Gasteiger partial charge in [0.2, 0.25) is 0 Å². The molecular weight excluding hydrogens is 227 g/mol. The molecule has 1 N–H and O–H groups in total. The molecule has 1 radical (unpaired) electrons. The van der Waals surface area contributed by atoms with Crippen LogP contribution >= 0.6 is 0 Å². The number of alkyl halides is 3. The summed E-state index contributed by atoms with van der Waals surface area (Å²) in [4.78, 5) is 0. The standard InChI is InChI=1S/C13H9F3N/c14-13(15,16)12-4-2-1-3-11(12)9-5-7-10(17)8-6-9/h1-8,17H. The van der Waals surface area contributed by atoms with Crippen molar-refractivity contribution < 1.29 is 13.2 Å². The maximum Gasteiger partial charge on any atom is 0.417 e. The van der Waals surface area contributed by atoms with Crippen LogP contribution in [0.25, 0.3) is 11.1 Å². The Morgan fingerprint density at radius 1 is 0.824 bits per heavy atom. The summed E-state index contributed by atoms with van der Waals surface area (Å²) < 4.78 is 38.3. The molecule has 0 spiro atoms. The lowest BCUT2D eigenvalue weighted by Crippen LogP contribution is -2.06. The first-order valence-electron chi connectivity index (χ1n) is 4.97. The first kappa shape index (κ1) is 11.5. The first-order chi connectivity index (χ1) is 7.98. The van der Waals surface area contributed by atoms with Crippen LogP contribution < -0.4 is 5.73 Å². The fourth-order valence-electron chi connectivity index (χ4n) is 1.63. The molecule has 0 amide bonds. The van der Waals surface area contributed by atoms with Gasteiger partial charge in [0.15, 0.2) is 0 Å². The minimum absolute atomic E-state index is 0.139. The van der Waals surface area contributed by atoms with Crippen LogP contribution in [0.2, 0.25) is 0 Å². The lowest BCUT2D eigenvalue weighted by Gasteiger charge is -2.12. The van der Waals surface area contributed by atoms with Crippen molar-refractivity contribution in [1.82, 2.24) is 5.73 Å². The third-order valence-electron chi connectivity index (χ3n) is 2.43. The highest BCUT2D eigenvalue weighted by atomic mass is 19.4. The summed E-state index contributed by atoms with van der Waals surface area (Å²) in [5.41, 5.74) is 7.54. The van der Waals surface area contributed by atoms with Crippen LogP contribution in [0.3, 0.4) is 0 Å². The minimum Gasteiger partial charge on any atom is -0.301 e. The molecule has 17 heavy (non-hydrogen) atoms. The second-order valence-electron chi connectivity index (χ2n) is 3.62. The maximum absolute atomic E-state index is 12.8. The second-order valence-corrected chi connectivity index (χ2v) is 3.62. The van der Waals surface area contributed by atoms with E-state index < -0.39 is 11.7 Å².